The quantitative estimate of drug-likeness (QED) is 0.306. The molecule has 5 rings (SSSR count). The number of fused-ring (bicyclic) bond motifs is 1. The summed E-state index contributed by atoms with van der Waals surface area (Å²) in [5, 5.41) is 12.0. The van der Waals surface area contributed by atoms with Crippen molar-refractivity contribution in [1.82, 2.24) is 24.9 Å². The normalized spacial score (nSPS) is 11.5. The molecule has 35 heavy (non-hydrogen) atoms. The van der Waals surface area contributed by atoms with Gasteiger partial charge in [-0.05, 0) is 41.5 Å². The summed E-state index contributed by atoms with van der Waals surface area (Å²) in [6, 6.07) is 23.1. The summed E-state index contributed by atoms with van der Waals surface area (Å²) in [6.07, 6.45) is 5.68. The van der Waals surface area contributed by atoms with E-state index in [4.69, 9.17) is 16.3 Å². The topological polar surface area (TPSA) is 81.4 Å². The molecule has 0 aliphatic heterocycles. The summed E-state index contributed by atoms with van der Waals surface area (Å²) in [7, 11) is 0. The van der Waals surface area contributed by atoms with Crippen molar-refractivity contribution in [2.24, 2.45) is 0 Å². The number of ether oxygens (including phenoxy) is 1. The Kier molecular flexibility index (Phi) is 6.83. The van der Waals surface area contributed by atoms with Crippen LogP contribution in [0.15, 0.2) is 85.2 Å². The molecule has 0 atom stereocenters. The van der Waals surface area contributed by atoms with Crippen LogP contribution in [0.1, 0.15) is 31.6 Å². The Bertz CT molecular complexity index is 1450. The van der Waals surface area contributed by atoms with Crippen molar-refractivity contribution in [3.8, 4) is 5.75 Å². The van der Waals surface area contributed by atoms with E-state index >= 15 is 0 Å². The average molecular weight is 502 g/mol. The summed E-state index contributed by atoms with van der Waals surface area (Å²) in [5.74, 6) is 0.442. The third-order valence-electron chi connectivity index (χ3n) is 5.09. The van der Waals surface area contributed by atoms with E-state index in [0.29, 0.717) is 23.2 Å². The standard InChI is InChI=1S/C26H20ClN5O2S/c27-22(25-30-31-26(35-25)24(33)28-15-19-6-2-1-3-7-19)14-18-9-11-21(12-10-18)34-17-20-16-32-13-5-4-8-23(32)29-20/h1-14,16H,15,17H2,(H,28,33). The molecule has 0 saturated carbocycles. The van der Waals surface area contributed by atoms with Crippen LogP contribution in [0.3, 0.4) is 0 Å². The lowest BCUT2D eigenvalue weighted by atomic mass is 10.2. The predicted molar refractivity (Wildman–Crippen MR) is 137 cm³/mol. The number of hydrogen-bond donors (Lipinski definition) is 1. The third kappa shape index (κ3) is 5.74. The SMILES string of the molecule is O=C(NCc1ccccc1)c1nnc(C(Cl)=Cc2ccc(OCc3cn4ccccc4n3)cc2)s1. The number of carbonyl (C=O) groups is 1. The molecule has 1 N–H and O–H groups in total. The molecule has 9 heteroatoms. The number of amides is 1. The second kappa shape index (κ2) is 10.5. The number of benzene rings is 2. The first kappa shape index (κ1) is 22.8. The molecule has 0 aliphatic rings. The Morgan fingerprint density at radius 2 is 1.77 bits per heavy atom. The van der Waals surface area contributed by atoms with E-state index < -0.39 is 0 Å². The van der Waals surface area contributed by atoms with Crippen LogP contribution in [0.5, 0.6) is 5.75 Å². The van der Waals surface area contributed by atoms with E-state index in [0.717, 1.165) is 39.6 Å². The van der Waals surface area contributed by atoms with Gasteiger partial charge >= 0.3 is 0 Å². The lowest BCUT2D eigenvalue weighted by molar-refractivity contribution is 0.0950. The van der Waals surface area contributed by atoms with Gasteiger partial charge in [-0.15, -0.1) is 10.2 Å². The summed E-state index contributed by atoms with van der Waals surface area (Å²) in [5.41, 5.74) is 3.62. The lowest BCUT2D eigenvalue weighted by Gasteiger charge is -2.04. The monoisotopic (exact) mass is 501 g/mol. The van der Waals surface area contributed by atoms with E-state index in [1.54, 1.807) is 6.08 Å². The van der Waals surface area contributed by atoms with Gasteiger partial charge < -0.3 is 14.5 Å². The summed E-state index contributed by atoms with van der Waals surface area (Å²) < 4.78 is 7.82. The first-order valence-electron chi connectivity index (χ1n) is 10.8. The number of halogens is 1. The van der Waals surface area contributed by atoms with E-state index in [2.05, 4.69) is 20.5 Å². The Morgan fingerprint density at radius 3 is 2.57 bits per heavy atom. The molecule has 0 aliphatic carbocycles. The van der Waals surface area contributed by atoms with Crippen LogP contribution in [0, 0.1) is 0 Å². The highest BCUT2D eigenvalue weighted by Gasteiger charge is 2.14. The van der Waals surface area contributed by atoms with Gasteiger partial charge in [0.05, 0.1) is 10.7 Å². The number of hydrogen-bond acceptors (Lipinski definition) is 6. The Morgan fingerprint density at radius 1 is 1.00 bits per heavy atom. The molecule has 2 aromatic carbocycles. The van der Waals surface area contributed by atoms with Gasteiger partial charge in [0.25, 0.3) is 5.91 Å². The van der Waals surface area contributed by atoms with Crippen molar-refractivity contribution in [2.45, 2.75) is 13.2 Å². The average Bonchev–Trinajstić information content (AvgIpc) is 3.55. The van der Waals surface area contributed by atoms with Gasteiger partial charge in [-0.2, -0.15) is 0 Å². The molecule has 0 saturated heterocycles. The minimum Gasteiger partial charge on any atom is -0.487 e. The van der Waals surface area contributed by atoms with Crippen molar-refractivity contribution in [3.63, 3.8) is 0 Å². The van der Waals surface area contributed by atoms with Gasteiger partial charge in [-0.25, -0.2) is 4.98 Å². The molecule has 0 unspecified atom stereocenters. The predicted octanol–water partition coefficient (Wildman–Crippen LogP) is 5.43. The van der Waals surface area contributed by atoms with Crippen molar-refractivity contribution in [3.05, 3.63) is 112 Å². The zero-order chi connectivity index (χ0) is 24.0. The fraction of sp³-hybridized carbons (Fsp3) is 0.0769. The number of imidazole rings is 1. The first-order chi connectivity index (χ1) is 17.1. The van der Waals surface area contributed by atoms with Crippen molar-refractivity contribution >= 4 is 45.6 Å². The van der Waals surface area contributed by atoms with Crippen LogP contribution < -0.4 is 10.1 Å². The Hall–Kier alpha value is -4.01. The highest BCUT2D eigenvalue weighted by molar-refractivity contribution is 7.15. The summed E-state index contributed by atoms with van der Waals surface area (Å²) >= 11 is 7.59. The molecule has 174 valence electrons. The zero-order valence-corrected chi connectivity index (χ0v) is 20.0. The Labute approximate surface area is 210 Å². The van der Waals surface area contributed by atoms with Gasteiger partial charge in [0.15, 0.2) is 5.01 Å². The molecule has 5 aromatic rings. The van der Waals surface area contributed by atoms with E-state index in [9.17, 15) is 4.79 Å². The van der Waals surface area contributed by atoms with Crippen LogP contribution in [-0.4, -0.2) is 25.5 Å². The molecular formula is C26H20ClN5O2S. The van der Waals surface area contributed by atoms with Gasteiger partial charge in [0.2, 0.25) is 5.01 Å². The largest absolute Gasteiger partial charge is 0.487 e. The molecule has 0 radical (unpaired) electrons. The van der Waals surface area contributed by atoms with Gasteiger partial charge in [-0.1, -0.05) is 71.5 Å². The lowest BCUT2D eigenvalue weighted by Crippen LogP contribution is -2.22. The maximum Gasteiger partial charge on any atom is 0.282 e. The highest BCUT2D eigenvalue weighted by Crippen LogP contribution is 2.26. The van der Waals surface area contributed by atoms with Crippen LogP contribution in [0.25, 0.3) is 16.8 Å². The van der Waals surface area contributed by atoms with Crippen LogP contribution in [0.4, 0.5) is 0 Å². The van der Waals surface area contributed by atoms with E-state index in [-0.39, 0.29) is 10.9 Å². The smallest absolute Gasteiger partial charge is 0.282 e. The molecule has 3 heterocycles. The number of nitrogens with zero attached hydrogens (tertiary/aromatic N) is 4. The molecule has 0 bridgehead atoms. The fourth-order valence-electron chi connectivity index (χ4n) is 3.35. The zero-order valence-electron chi connectivity index (χ0n) is 18.5. The maximum atomic E-state index is 12.4. The molecule has 0 fully saturated rings. The molecule has 3 aromatic heterocycles. The minimum atomic E-state index is -0.283. The van der Waals surface area contributed by atoms with Crippen molar-refractivity contribution in [2.75, 3.05) is 0 Å². The minimum absolute atomic E-state index is 0.262. The second-order valence-electron chi connectivity index (χ2n) is 7.63. The van der Waals surface area contributed by atoms with Crippen LogP contribution >= 0.6 is 22.9 Å². The summed E-state index contributed by atoms with van der Waals surface area (Å²) in [4.78, 5) is 16.9. The molecule has 0 spiro atoms. The van der Waals surface area contributed by atoms with Gasteiger partial charge in [0.1, 0.15) is 18.0 Å². The highest BCUT2D eigenvalue weighted by atomic mass is 35.5. The number of pyridine rings is 1. The van der Waals surface area contributed by atoms with E-state index in [1.165, 1.54) is 0 Å². The molecule has 7 nitrogen and oxygen atoms in total. The van der Waals surface area contributed by atoms with E-state index in [1.807, 2.05) is 89.6 Å². The number of rotatable bonds is 8. The third-order valence-corrected chi connectivity index (χ3v) is 6.45. The van der Waals surface area contributed by atoms with Gasteiger partial charge in [0, 0.05) is 18.9 Å². The van der Waals surface area contributed by atoms with Crippen LogP contribution in [-0.2, 0) is 13.2 Å². The Balaban J connectivity index is 1.18. The van der Waals surface area contributed by atoms with Crippen molar-refractivity contribution in [1.29, 1.82) is 0 Å². The summed E-state index contributed by atoms with van der Waals surface area (Å²) in [6.45, 7) is 0.793. The number of aromatic nitrogens is 4. The number of nitrogens with one attached hydrogen (secondary N) is 1. The maximum absolute atomic E-state index is 12.4. The second-order valence-corrected chi connectivity index (χ2v) is 9.01. The van der Waals surface area contributed by atoms with Crippen LogP contribution in [0.2, 0.25) is 0 Å². The number of carbonyl (C=O) groups excluding carboxylic acids is 1. The molecule has 1 amide bonds. The van der Waals surface area contributed by atoms with Crippen molar-refractivity contribution < 1.29 is 9.53 Å². The fourth-order valence-corrected chi connectivity index (χ4v) is 4.29. The molecular weight excluding hydrogens is 482 g/mol. The first-order valence-corrected chi connectivity index (χ1v) is 12.0. The van der Waals surface area contributed by atoms with Gasteiger partial charge in [-0.3, -0.25) is 4.79 Å².